The molecular formula is C35H45N3O5. The second-order valence-corrected chi connectivity index (χ2v) is 11.9. The zero-order valence-corrected chi connectivity index (χ0v) is 26.1. The van der Waals surface area contributed by atoms with Gasteiger partial charge in [-0.15, -0.1) is 0 Å². The molecule has 0 aromatic heterocycles. The number of anilines is 1. The second kappa shape index (κ2) is 15.2. The van der Waals surface area contributed by atoms with E-state index in [1.807, 2.05) is 62.4 Å². The predicted octanol–water partition coefficient (Wildman–Crippen LogP) is 6.84. The van der Waals surface area contributed by atoms with Crippen molar-refractivity contribution in [3.8, 4) is 5.75 Å². The van der Waals surface area contributed by atoms with Gasteiger partial charge in [0.15, 0.2) is 0 Å². The fourth-order valence-electron chi connectivity index (χ4n) is 4.93. The topological polar surface area (TPSA) is 108 Å². The zero-order chi connectivity index (χ0) is 31.6. The number of para-hydroxylation sites is 1. The van der Waals surface area contributed by atoms with E-state index in [9.17, 15) is 19.5 Å². The highest BCUT2D eigenvalue weighted by molar-refractivity contribution is 6.00. The Labute approximate surface area is 255 Å². The second-order valence-electron chi connectivity index (χ2n) is 11.9. The van der Waals surface area contributed by atoms with Gasteiger partial charge >= 0.3 is 6.09 Å². The molecule has 8 heteroatoms. The van der Waals surface area contributed by atoms with Crippen molar-refractivity contribution in [1.29, 1.82) is 0 Å². The van der Waals surface area contributed by atoms with Crippen LogP contribution in [0.15, 0.2) is 72.8 Å². The van der Waals surface area contributed by atoms with E-state index >= 15 is 0 Å². The number of amides is 3. The number of rotatable bonds is 12. The number of phenolic OH excluding ortho intramolecular Hbond substituents is 1. The Hall–Kier alpha value is -4.33. The quantitative estimate of drug-likeness (QED) is 0.201. The molecule has 0 saturated carbocycles. The number of alkyl carbamates (subject to hydrolysis) is 1. The molecule has 2 atom stereocenters. The van der Waals surface area contributed by atoms with Crippen molar-refractivity contribution in [3.63, 3.8) is 0 Å². The summed E-state index contributed by atoms with van der Waals surface area (Å²) in [5.41, 5.74) is 3.17. The first-order valence-corrected chi connectivity index (χ1v) is 14.9. The molecule has 3 N–H and O–H groups in total. The number of carbonyl (C=O) groups is 3. The summed E-state index contributed by atoms with van der Waals surface area (Å²) in [7, 11) is 0. The Kier molecular flexibility index (Phi) is 11.8. The molecule has 2 unspecified atom stereocenters. The SMILES string of the molecule is CCCCCN(C(=O)C(Cc1ccc(O)cc1)NC(=O)OC(C)(C)C)C(C(=O)Nc1c(C)cccc1C)c1ccccc1. The largest absolute Gasteiger partial charge is 0.508 e. The normalized spacial score (nSPS) is 12.6. The van der Waals surface area contributed by atoms with Crippen LogP contribution in [-0.2, 0) is 20.7 Å². The van der Waals surface area contributed by atoms with Crippen LogP contribution in [0.1, 0.15) is 75.3 Å². The number of benzene rings is 3. The molecule has 0 aliphatic rings. The van der Waals surface area contributed by atoms with Gasteiger partial charge in [-0.05, 0) is 75.4 Å². The fourth-order valence-corrected chi connectivity index (χ4v) is 4.93. The molecule has 0 bridgehead atoms. The Morgan fingerprint density at radius 3 is 2.09 bits per heavy atom. The summed E-state index contributed by atoms with van der Waals surface area (Å²) in [5.74, 6) is -0.644. The summed E-state index contributed by atoms with van der Waals surface area (Å²) in [6.45, 7) is 11.5. The van der Waals surface area contributed by atoms with Crippen LogP contribution in [-0.4, -0.2) is 46.1 Å². The Balaban J connectivity index is 2.07. The van der Waals surface area contributed by atoms with E-state index in [1.165, 1.54) is 12.1 Å². The van der Waals surface area contributed by atoms with Crippen LogP contribution in [0.2, 0.25) is 0 Å². The van der Waals surface area contributed by atoms with E-state index in [4.69, 9.17) is 4.74 Å². The van der Waals surface area contributed by atoms with Gasteiger partial charge in [-0.2, -0.15) is 0 Å². The van der Waals surface area contributed by atoms with E-state index in [-0.39, 0.29) is 18.1 Å². The molecular weight excluding hydrogens is 542 g/mol. The van der Waals surface area contributed by atoms with Gasteiger partial charge in [-0.25, -0.2) is 4.79 Å². The van der Waals surface area contributed by atoms with Gasteiger partial charge in [0.1, 0.15) is 23.4 Å². The molecule has 3 rings (SSSR count). The molecule has 0 heterocycles. The number of ether oxygens (including phenoxy) is 1. The van der Waals surface area contributed by atoms with Crippen molar-refractivity contribution in [3.05, 3.63) is 95.1 Å². The summed E-state index contributed by atoms with van der Waals surface area (Å²) >= 11 is 0. The molecule has 43 heavy (non-hydrogen) atoms. The van der Waals surface area contributed by atoms with Crippen LogP contribution in [0, 0.1) is 13.8 Å². The molecule has 0 radical (unpaired) electrons. The number of hydrogen-bond donors (Lipinski definition) is 3. The van der Waals surface area contributed by atoms with Gasteiger partial charge in [0.2, 0.25) is 5.91 Å². The van der Waals surface area contributed by atoms with E-state index < -0.39 is 29.7 Å². The van der Waals surface area contributed by atoms with Crippen molar-refractivity contribution in [2.75, 3.05) is 11.9 Å². The van der Waals surface area contributed by atoms with Gasteiger partial charge in [0.25, 0.3) is 5.91 Å². The molecule has 0 saturated heterocycles. The molecule has 0 aliphatic carbocycles. The fraction of sp³-hybridized carbons (Fsp3) is 0.400. The van der Waals surface area contributed by atoms with Gasteiger partial charge in [-0.3, -0.25) is 9.59 Å². The summed E-state index contributed by atoms with van der Waals surface area (Å²) in [5, 5.41) is 15.7. The minimum absolute atomic E-state index is 0.0974. The van der Waals surface area contributed by atoms with Crippen LogP contribution in [0.25, 0.3) is 0 Å². The Bertz CT molecular complexity index is 1350. The minimum Gasteiger partial charge on any atom is -0.508 e. The zero-order valence-electron chi connectivity index (χ0n) is 26.1. The molecule has 3 aromatic rings. The first kappa shape index (κ1) is 33.2. The van der Waals surface area contributed by atoms with E-state index in [1.54, 1.807) is 37.8 Å². The molecule has 230 valence electrons. The van der Waals surface area contributed by atoms with Crippen molar-refractivity contribution < 1.29 is 24.2 Å². The van der Waals surface area contributed by atoms with Crippen LogP contribution in [0.3, 0.4) is 0 Å². The van der Waals surface area contributed by atoms with E-state index in [2.05, 4.69) is 17.6 Å². The molecule has 0 aliphatic heterocycles. The molecule has 0 fully saturated rings. The van der Waals surface area contributed by atoms with Gasteiger partial charge in [-0.1, -0.05) is 80.4 Å². The molecule has 8 nitrogen and oxygen atoms in total. The summed E-state index contributed by atoms with van der Waals surface area (Å²) < 4.78 is 5.51. The molecule has 3 amide bonds. The third-order valence-corrected chi connectivity index (χ3v) is 7.06. The molecule has 3 aromatic carbocycles. The maximum Gasteiger partial charge on any atom is 0.408 e. The summed E-state index contributed by atoms with van der Waals surface area (Å²) in [6.07, 6.45) is 1.89. The number of hydrogen-bond acceptors (Lipinski definition) is 5. The lowest BCUT2D eigenvalue weighted by molar-refractivity contribution is -0.140. The maximum absolute atomic E-state index is 14.5. The smallest absolute Gasteiger partial charge is 0.408 e. The van der Waals surface area contributed by atoms with Gasteiger partial charge in [0, 0.05) is 18.7 Å². The number of aryl methyl sites for hydroxylation is 2. The highest BCUT2D eigenvalue weighted by Gasteiger charge is 2.36. The Morgan fingerprint density at radius 2 is 1.51 bits per heavy atom. The highest BCUT2D eigenvalue weighted by atomic mass is 16.6. The predicted molar refractivity (Wildman–Crippen MR) is 170 cm³/mol. The van der Waals surface area contributed by atoms with E-state index in [0.29, 0.717) is 24.2 Å². The number of nitrogens with one attached hydrogen (secondary N) is 2. The van der Waals surface area contributed by atoms with Crippen LogP contribution < -0.4 is 10.6 Å². The lowest BCUT2D eigenvalue weighted by Gasteiger charge is -2.35. The number of aromatic hydroxyl groups is 1. The molecule has 0 spiro atoms. The van der Waals surface area contributed by atoms with Gasteiger partial charge < -0.3 is 25.4 Å². The van der Waals surface area contributed by atoms with Crippen LogP contribution in [0.5, 0.6) is 5.75 Å². The number of carbonyl (C=O) groups excluding carboxylic acids is 3. The first-order chi connectivity index (χ1) is 20.4. The van der Waals surface area contributed by atoms with Gasteiger partial charge in [0.05, 0.1) is 0 Å². The van der Waals surface area contributed by atoms with Crippen molar-refractivity contribution in [2.45, 2.75) is 84.9 Å². The maximum atomic E-state index is 14.5. The standard InChI is InChI=1S/C35H45N3O5/c1-7-8-12-22-38(31(27-16-10-9-11-17-27)32(40)37-30-24(2)14-13-15-25(30)3)33(41)29(36-34(42)43-35(4,5)6)23-26-18-20-28(39)21-19-26/h9-11,13-21,29,31,39H,7-8,12,22-23H2,1-6H3,(H,36,42)(H,37,40). The summed E-state index contributed by atoms with van der Waals surface area (Å²) in [4.78, 5) is 43.3. The van der Waals surface area contributed by atoms with E-state index in [0.717, 1.165) is 29.5 Å². The van der Waals surface area contributed by atoms with Crippen LogP contribution >= 0.6 is 0 Å². The number of nitrogens with zero attached hydrogens (tertiary/aromatic N) is 1. The average Bonchev–Trinajstić information content (AvgIpc) is 2.94. The summed E-state index contributed by atoms with van der Waals surface area (Å²) in [6, 6.07) is 19.5. The lowest BCUT2D eigenvalue weighted by Crippen LogP contribution is -2.53. The third kappa shape index (κ3) is 9.87. The third-order valence-electron chi connectivity index (χ3n) is 7.06. The van der Waals surface area contributed by atoms with Crippen molar-refractivity contribution in [2.24, 2.45) is 0 Å². The van der Waals surface area contributed by atoms with Crippen molar-refractivity contribution >= 4 is 23.6 Å². The average molecular weight is 588 g/mol. The lowest BCUT2D eigenvalue weighted by atomic mass is 9.99. The number of unbranched alkanes of at least 4 members (excludes halogenated alkanes) is 2. The Morgan fingerprint density at radius 1 is 0.884 bits per heavy atom. The number of phenols is 1. The monoisotopic (exact) mass is 587 g/mol. The van der Waals surface area contributed by atoms with Crippen LogP contribution in [0.4, 0.5) is 10.5 Å². The van der Waals surface area contributed by atoms with Crippen molar-refractivity contribution in [1.82, 2.24) is 10.2 Å². The first-order valence-electron chi connectivity index (χ1n) is 14.9. The highest BCUT2D eigenvalue weighted by Crippen LogP contribution is 2.28. The minimum atomic E-state index is -1.03.